The summed E-state index contributed by atoms with van der Waals surface area (Å²) in [5.41, 5.74) is 3.23. The van der Waals surface area contributed by atoms with Crippen LogP contribution in [0.2, 0.25) is 0 Å². The van der Waals surface area contributed by atoms with Gasteiger partial charge in [-0.2, -0.15) is 0 Å². The third-order valence-corrected chi connectivity index (χ3v) is 4.00. The van der Waals surface area contributed by atoms with Gasteiger partial charge >= 0.3 is 0 Å². The van der Waals surface area contributed by atoms with Crippen LogP contribution in [0.15, 0.2) is 24.3 Å². The lowest BCUT2D eigenvalue weighted by Gasteiger charge is -2.30. The number of fused-ring (bicyclic) bond motifs is 1. The molecule has 0 unspecified atom stereocenters. The summed E-state index contributed by atoms with van der Waals surface area (Å²) in [7, 11) is 0. The average molecular weight is 201 g/mol. The van der Waals surface area contributed by atoms with E-state index >= 15 is 0 Å². The monoisotopic (exact) mass is 201 g/mol. The first-order chi connectivity index (χ1) is 7.45. The molecule has 1 aromatic rings. The number of hydrogen-bond acceptors (Lipinski definition) is 1. The lowest BCUT2D eigenvalue weighted by molar-refractivity contribution is 0.432. The SMILES string of the molecule is c1ccc2c(c1)CCC[C@H]2[C@@H]1CCCN1. The largest absolute Gasteiger partial charge is 0.313 e. The van der Waals surface area contributed by atoms with Crippen LogP contribution in [-0.4, -0.2) is 12.6 Å². The first-order valence-electron chi connectivity index (χ1n) is 6.26. The van der Waals surface area contributed by atoms with Crippen LogP contribution in [0.1, 0.15) is 42.7 Å². The van der Waals surface area contributed by atoms with Crippen molar-refractivity contribution >= 4 is 0 Å². The molecule has 1 heterocycles. The molecule has 0 saturated carbocycles. The zero-order valence-corrected chi connectivity index (χ0v) is 9.21. The summed E-state index contributed by atoms with van der Waals surface area (Å²) < 4.78 is 0. The molecule has 1 aromatic carbocycles. The molecule has 3 rings (SSSR count). The van der Waals surface area contributed by atoms with E-state index in [1.807, 2.05) is 0 Å². The fraction of sp³-hybridized carbons (Fsp3) is 0.571. The van der Waals surface area contributed by atoms with Crippen LogP contribution >= 0.6 is 0 Å². The van der Waals surface area contributed by atoms with E-state index in [9.17, 15) is 0 Å². The normalized spacial score (nSPS) is 30.1. The molecule has 2 aliphatic rings. The molecule has 1 heteroatoms. The van der Waals surface area contributed by atoms with Crippen LogP contribution in [0.4, 0.5) is 0 Å². The average Bonchev–Trinajstić information content (AvgIpc) is 2.82. The maximum absolute atomic E-state index is 3.67. The van der Waals surface area contributed by atoms with Crippen molar-refractivity contribution in [2.75, 3.05) is 6.54 Å². The maximum Gasteiger partial charge on any atom is 0.0136 e. The molecule has 15 heavy (non-hydrogen) atoms. The molecule has 0 aromatic heterocycles. The molecule has 0 spiro atoms. The van der Waals surface area contributed by atoms with Crippen molar-refractivity contribution in [3.05, 3.63) is 35.4 Å². The zero-order chi connectivity index (χ0) is 10.1. The Labute approximate surface area is 91.9 Å². The van der Waals surface area contributed by atoms with E-state index in [1.165, 1.54) is 38.6 Å². The zero-order valence-electron chi connectivity index (χ0n) is 9.21. The highest BCUT2D eigenvalue weighted by Gasteiger charge is 2.29. The van der Waals surface area contributed by atoms with Crippen molar-refractivity contribution in [3.63, 3.8) is 0 Å². The number of rotatable bonds is 1. The van der Waals surface area contributed by atoms with Gasteiger partial charge in [0.05, 0.1) is 0 Å². The number of nitrogens with one attached hydrogen (secondary N) is 1. The third-order valence-electron chi connectivity index (χ3n) is 4.00. The Morgan fingerprint density at radius 2 is 2.00 bits per heavy atom. The van der Waals surface area contributed by atoms with Crippen LogP contribution in [0, 0.1) is 0 Å². The summed E-state index contributed by atoms with van der Waals surface area (Å²) in [4.78, 5) is 0. The lowest BCUT2D eigenvalue weighted by Crippen LogP contribution is -2.31. The van der Waals surface area contributed by atoms with E-state index in [4.69, 9.17) is 0 Å². The number of hydrogen-bond donors (Lipinski definition) is 1. The molecule has 1 aliphatic carbocycles. The molecule has 1 aliphatic heterocycles. The summed E-state index contributed by atoms with van der Waals surface area (Å²) in [6.45, 7) is 1.23. The van der Waals surface area contributed by atoms with Gasteiger partial charge in [0, 0.05) is 6.04 Å². The minimum Gasteiger partial charge on any atom is -0.313 e. The van der Waals surface area contributed by atoms with E-state index in [2.05, 4.69) is 29.6 Å². The van der Waals surface area contributed by atoms with Crippen molar-refractivity contribution in [1.29, 1.82) is 0 Å². The predicted molar refractivity (Wildman–Crippen MR) is 63.1 cm³/mol. The number of aryl methyl sites for hydroxylation is 1. The molecule has 1 fully saturated rings. The second-order valence-electron chi connectivity index (χ2n) is 4.90. The summed E-state index contributed by atoms with van der Waals surface area (Å²) >= 11 is 0. The maximum atomic E-state index is 3.67. The lowest BCUT2D eigenvalue weighted by atomic mass is 9.78. The van der Waals surface area contributed by atoms with Gasteiger partial charge in [0.1, 0.15) is 0 Å². The molecule has 0 radical (unpaired) electrons. The van der Waals surface area contributed by atoms with Gasteiger partial charge in [-0.25, -0.2) is 0 Å². The standard InChI is InChI=1S/C14H19N/c1-2-7-12-11(5-1)6-3-8-13(12)14-9-4-10-15-14/h1-2,5,7,13-15H,3-4,6,8-10H2/t13-,14+/m1/s1. The van der Waals surface area contributed by atoms with Gasteiger partial charge in [0.2, 0.25) is 0 Å². The van der Waals surface area contributed by atoms with Crippen LogP contribution in [0.25, 0.3) is 0 Å². The highest BCUT2D eigenvalue weighted by Crippen LogP contribution is 2.36. The van der Waals surface area contributed by atoms with Crippen LogP contribution in [-0.2, 0) is 6.42 Å². The Hall–Kier alpha value is -0.820. The summed E-state index contributed by atoms with van der Waals surface area (Å²) in [6, 6.07) is 9.80. The van der Waals surface area contributed by atoms with Gasteiger partial charge in [0.15, 0.2) is 0 Å². The van der Waals surface area contributed by atoms with E-state index in [0.29, 0.717) is 0 Å². The Morgan fingerprint density at radius 3 is 2.87 bits per heavy atom. The number of benzene rings is 1. The van der Waals surface area contributed by atoms with E-state index in [0.717, 1.165) is 12.0 Å². The summed E-state index contributed by atoms with van der Waals surface area (Å²) in [6.07, 6.45) is 6.79. The molecular formula is C14H19N. The van der Waals surface area contributed by atoms with Gasteiger partial charge in [-0.3, -0.25) is 0 Å². The topological polar surface area (TPSA) is 12.0 Å². The summed E-state index contributed by atoms with van der Waals surface area (Å²) in [5.74, 6) is 0.789. The minimum absolute atomic E-state index is 0.756. The Morgan fingerprint density at radius 1 is 1.07 bits per heavy atom. The second kappa shape index (κ2) is 3.97. The fourth-order valence-electron chi connectivity index (χ4n) is 3.26. The van der Waals surface area contributed by atoms with Gasteiger partial charge in [-0.1, -0.05) is 24.3 Å². The quantitative estimate of drug-likeness (QED) is 0.736. The Bertz CT molecular complexity index is 339. The van der Waals surface area contributed by atoms with Crippen molar-refractivity contribution in [2.45, 2.75) is 44.1 Å². The van der Waals surface area contributed by atoms with Crippen molar-refractivity contribution in [1.82, 2.24) is 5.32 Å². The van der Waals surface area contributed by atoms with E-state index in [-0.39, 0.29) is 0 Å². The van der Waals surface area contributed by atoms with Gasteiger partial charge in [-0.05, 0) is 55.7 Å². The molecule has 0 amide bonds. The second-order valence-corrected chi connectivity index (χ2v) is 4.90. The fourth-order valence-corrected chi connectivity index (χ4v) is 3.26. The van der Waals surface area contributed by atoms with E-state index < -0.39 is 0 Å². The molecule has 80 valence electrons. The van der Waals surface area contributed by atoms with Crippen LogP contribution < -0.4 is 5.32 Å². The summed E-state index contributed by atoms with van der Waals surface area (Å²) in [5, 5.41) is 3.67. The first kappa shape index (κ1) is 9.41. The minimum atomic E-state index is 0.756. The van der Waals surface area contributed by atoms with Gasteiger partial charge in [0.25, 0.3) is 0 Å². The highest BCUT2D eigenvalue weighted by atomic mass is 14.9. The van der Waals surface area contributed by atoms with Crippen molar-refractivity contribution < 1.29 is 0 Å². The van der Waals surface area contributed by atoms with Gasteiger partial charge in [-0.15, -0.1) is 0 Å². The van der Waals surface area contributed by atoms with Crippen molar-refractivity contribution in [2.24, 2.45) is 0 Å². The molecular weight excluding hydrogens is 182 g/mol. The molecule has 1 nitrogen and oxygen atoms in total. The third kappa shape index (κ3) is 1.69. The van der Waals surface area contributed by atoms with Crippen LogP contribution in [0.3, 0.4) is 0 Å². The molecule has 2 atom stereocenters. The van der Waals surface area contributed by atoms with E-state index in [1.54, 1.807) is 11.1 Å². The van der Waals surface area contributed by atoms with Gasteiger partial charge < -0.3 is 5.32 Å². The molecule has 1 N–H and O–H groups in total. The van der Waals surface area contributed by atoms with Crippen molar-refractivity contribution in [3.8, 4) is 0 Å². The molecule has 0 bridgehead atoms. The first-order valence-corrected chi connectivity index (χ1v) is 6.26. The Balaban J connectivity index is 1.91. The smallest absolute Gasteiger partial charge is 0.0136 e. The highest BCUT2D eigenvalue weighted by molar-refractivity contribution is 5.33. The Kier molecular flexibility index (Phi) is 2.49. The molecule has 1 saturated heterocycles. The van der Waals surface area contributed by atoms with Crippen LogP contribution in [0.5, 0.6) is 0 Å². The predicted octanol–water partition coefficient (Wildman–Crippen LogP) is 2.86.